The zero-order valence-electron chi connectivity index (χ0n) is 7.59. The quantitative estimate of drug-likeness (QED) is 0.822. The van der Waals surface area contributed by atoms with Gasteiger partial charge in [-0.2, -0.15) is 0 Å². The maximum absolute atomic E-state index is 10.9. The average Bonchev–Trinajstić information content (AvgIpc) is 2.64. The van der Waals surface area contributed by atoms with Crippen LogP contribution in [0.5, 0.6) is 0 Å². The van der Waals surface area contributed by atoms with Crippen molar-refractivity contribution in [2.75, 3.05) is 19.0 Å². The van der Waals surface area contributed by atoms with Crippen molar-refractivity contribution in [1.82, 2.24) is 5.32 Å². The molecular formula is C8H11BrClNO2S. The van der Waals surface area contributed by atoms with Crippen molar-refractivity contribution >= 4 is 44.8 Å². The summed E-state index contributed by atoms with van der Waals surface area (Å²) in [6, 6.07) is 3.41. The number of halogens is 2. The summed E-state index contributed by atoms with van der Waals surface area (Å²) in [4.78, 5) is 11.5. The first-order chi connectivity index (χ1) is 6.65. The molecule has 0 spiro atoms. The average molecular weight is 301 g/mol. The van der Waals surface area contributed by atoms with Crippen LogP contribution in [-0.2, 0) is 0 Å². The predicted molar refractivity (Wildman–Crippen MR) is 63.6 cm³/mol. The lowest BCUT2D eigenvalue weighted by Crippen LogP contribution is -2.15. The van der Waals surface area contributed by atoms with Crippen LogP contribution in [0.25, 0.3) is 0 Å². The molecule has 1 amide bonds. The second-order valence-corrected chi connectivity index (χ2v) is 4.60. The van der Waals surface area contributed by atoms with Crippen LogP contribution in [0.15, 0.2) is 12.1 Å². The molecule has 0 aliphatic rings. The van der Waals surface area contributed by atoms with E-state index in [4.69, 9.17) is 16.7 Å². The van der Waals surface area contributed by atoms with Crippen LogP contribution in [0.2, 0.25) is 4.34 Å². The molecule has 0 aliphatic carbocycles. The van der Waals surface area contributed by atoms with Crippen molar-refractivity contribution in [2.45, 2.75) is 0 Å². The molecule has 0 saturated heterocycles. The molecule has 14 heavy (non-hydrogen) atoms. The number of alkyl halides is 1. The summed E-state index contributed by atoms with van der Waals surface area (Å²) in [7, 11) is 1.59. The van der Waals surface area contributed by atoms with Gasteiger partial charge < -0.3 is 10.4 Å². The van der Waals surface area contributed by atoms with E-state index in [0.717, 1.165) is 0 Å². The zero-order chi connectivity index (χ0) is 11.0. The molecule has 6 heteroatoms. The summed E-state index contributed by atoms with van der Waals surface area (Å²) in [5.41, 5.74) is 0. The molecule has 3 nitrogen and oxygen atoms in total. The second kappa shape index (κ2) is 8.23. The van der Waals surface area contributed by atoms with Gasteiger partial charge in [-0.3, -0.25) is 4.79 Å². The summed E-state index contributed by atoms with van der Waals surface area (Å²) >= 11 is 9.87. The summed E-state index contributed by atoms with van der Waals surface area (Å²) < 4.78 is 0.638. The third kappa shape index (κ3) is 5.59. The molecule has 1 heterocycles. The summed E-state index contributed by atoms with van der Waals surface area (Å²) in [6.07, 6.45) is 0. The fourth-order valence-corrected chi connectivity index (χ4v) is 1.55. The van der Waals surface area contributed by atoms with Crippen LogP contribution < -0.4 is 5.32 Å². The molecule has 0 aromatic carbocycles. The number of aliphatic hydroxyl groups excluding tert-OH is 1. The lowest BCUT2D eigenvalue weighted by atomic mass is 10.4. The fourth-order valence-electron chi connectivity index (χ4n) is 0.560. The normalized spacial score (nSPS) is 8.86. The Balaban J connectivity index is 0.000000364. The van der Waals surface area contributed by atoms with E-state index in [1.165, 1.54) is 11.3 Å². The lowest BCUT2D eigenvalue weighted by Gasteiger charge is -1.90. The van der Waals surface area contributed by atoms with Crippen molar-refractivity contribution in [3.05, 3.63) is 21.3 Å². The molecule has 1 aromatic rings. The molecule has 0 radical (unpaired) electrons. The van der Waals surface area contributed by atoms with E-state index in [0.29, 0.717) is 14.5 Å². The Hall–Kier alpha value is -0.100. The zero-order valence-corrected chi connectivity index (χ0v) is 10.7. The topological polar surface area (TPSA) is 49.3 Å². The van der Waals surface area contributed by atoms with Crippen LogP contribution in [0.4, 0.5) is 0 Å². The van der Waals surface area contributed by atoms with Crippen molar-refractivity contribution < 1.29 is 9.90 Å². The number of aliphatic hydroxyl groups is 1. The van der Waals surface area contributed by atoms with Gasteiger partial charge in [-0.1, -0.05) is 27.5 Å². The van der Waals surface area contributed by atoms with Crippen molar-refractivity contribution in [3.63, 3.8) is 0 Å². The number of rotatable bonds is 2. The Kier molecular flexibility index (Phi) is 8.17. The number of amides is 1. The highest BCUT2D eigenvalue weighted by molar-refractivity contribution is 9.09. The molecule has 2 N–H and O–H groups in total. The molecular weight excluding hydrogens is 290 g/mol. The van der Waals surface area contributed by atoms with Crippen molar-refractivity contribution in [1.29, 1.82) is 0 Å². The number of thiophene rings is 1. The maximum atomic E-state index is 10.9. The molecule has 0 atom stereocenters. The van der Waals surface area contributed by atoms with Crippen molar-refractivity contribution in [3.8, 4) is 0 Å². The molecule has 0 unspecified atom stereocenters. The van der Waals surface area contributed by atoms with E-state index in [2.05, 4.69) is 21.2 Å². The highest BCUT2D eigenvalue weighted by atomic mass is 79.9. The van der Waals surface area contributed by atoms with E-state index in [1.54, 1.807) is 19.2 Å². The fraction of sp³-hybridized carbons (Fsp3) is 0.375. The smallest absolute Gasteiger partial charge is 0.261 e. The van der Waals surface area contributed by atoms with Gasteiger partial charge in [0.2, 0.25) is 0 Å². The van der Waals surface area contributed by atoms with Gasteiger partial charge in [0.25, 0.3) is 5.91 Å². The second-order valence-electron chi connectivity index (χ2n) is 2.10. The molecule has 0 saturated carbocycles. The van der Waals surface area contributed by atoms with E-state index >= 15 is 0 Å². The van der Waals surface area contributed by atoms with Crippen LogP contribution in [0.1, 0.15) is 9.67 Å². The van der Waals surface area contributed by atoms with E-state index in [9.17, 15) is 4.79 Å². The first-order valence-corrected chi connectivity index (χ1v) is 6.11. The number of carbonyl (C=O) groups excluding carboxylic acids is 1. The van der Waals surface area contributed by atoms with Gasteiger partial charge in [0, 0.05) is 12.4 Å². The predicted octanol–water partition coefficient (Wildman–Crippen LogP) is 2.13. The van der Waals surface area contributed by atoms with Gasteiger partial charge in [-0.15, -0.1) is 11.3 Å². The monoisotopic (exact) mass is 299 g/mol. The van der Waals surface area contributed by atoms with E-state index in [-0.39, 0.29) is 12.5 Å². The van der Waals surface area contributed by atoms with Gasteiger partial charge in [-0.05, 0) is 12.1 Å². The molecule has 1 rings (SSSR count). The minimum absolute atomic E-state index is 0.0862. The molecule has 80 valence electrons. The highest BCUT2D eigenvalue weighted by Gasteiger charge is 2.04. The standard InChI is InChI=1S/C6H6ClNOS.C2H5BrO/c1-8-6(9)4-2-3-5(7)10-4;3-1-2-4/h2-3H,1H3,(H,8,9);4H,1-2H2. The minimum atomic E-state index is -0.0862. The van der Waals surface area contributed by atoms with Crippen LogP contribution >= 0.6 is 38.9 Å². The van der Waals surface area contributed by atoms with Gasteiger partial charge in [0.15, 0.2) is 0 Å². The molecule has 0 aliphatic heterocycles. The van der Waals surface area contributed by atoms with Crippen LogP contribution in [-0.4, -0.2) is 30.0 Å². The summed E-state index contributed by atoms with van der Waals surface area (Å²) in [5, 5.41) is 11.0. The minimum Gasteiger partial charge on any atom is -0.396 e. The first-order valence-electron chi connectivity index (χ1n) is 3.80. The van der Waals surface area contributed by atoms with Crippen LogP contribution in [0, 0.1) is 0 Å². The van der Waals surface area contributed by atoms with E-state index < -0.39 is 0 Å². The molecule has 0 bridgehead atoms. The molecule has 0 fully saturated rings. The maximum Gasteiger partial charge on any atom is 0.261 e. The Morgan fingerprint density at radius 1 is 1.71 bits per heavy atom. The van der Waals surface area contributed by atoms with Gasteiger partial charge in [0.1, 0.15) is 0 Å². The largest absolute Gasteiger partial charge is 0.396 e. The Morgan fingerprint density at radius 2 is 2.29 bits per heavy atom. The number of carbonyl (C=O) groups is 1. The Morgan fingerprint density at radius 3 is 2.57 bits per heavy atom. The number of hydrogen-bond donors (Lipinski definition) is 2. The highest BCUT2D eigenvalue weighted by Crippen LogP contribution is 2.20. The summed E-state index contributed by atoms with van der Waals surface area (Å²) in [5.74, 6) is -0.0862. The van der Waals surface area contributed by atoms with Gasteiger partial charge >= 0.3 is 0 Å². The Labute approximate surface area is 100 Å². The first kappa shape index (κ1) is 13.9. The van der Waals surface area contributed by atoms with Crippen molar-refractivity contribution in [2.24, 2.45) is 0 Å². The third-order valence-corrected chi connectivity index (χ3v) is 2.69. The third-order valence-electron chi connectivity index (χ3n) is 1.11. The van der Waals surface area contributed by atoms with Gasteiger partial charge in [0.05, 0.1) is 15.8 Å². The number of hydrogen-bond acceptors (Lipinski definition) is 3. The summed E-state index contributed by atoms with van der Waals surface area (Å²) in [6.45, 7) is 0.236. The SMILES string of the molecule is CNC(=O)c1ccc(Cl)s1.OCCBr. The van der Waals surface area contributed by atoms with E-state index in [1.807, 2.05) is 0 Å². The molecule has 1 aromatic heterocycles. The number of nitrogens with one attached hydrogen (secondary N) is 1. The van der Waals surface area contributed by atoms with Gasteiger partial charge in [-0.25, -0.2) is 0 Å². The van der Waals surface area contributed by atoms with Crippen LogP contribution in [0.3, 0.4) is 0 Å². The Bertz CT molecular complexity index is 278. The lowest BCUT2D eigenvalue weighted by molar-refractivity contribution is 0.0967.